The molecule has 0 bridgehead atoms. The molecule has 0 aliphatic carbocycles. The molecule has 0 aromatic heterocycles. The van der Waals surface area contributed by atoms with E-state index in [0.717, 1.165) is 0 Å². The third-order valence-corrected chi connectivity index (χ3v) is 28.2. The molecule has 0 atom stereocenters. The second-order valence-corrected chi connectivity index (χ2v) is 27.8. The summed E-state index contributed by atoms with van der Waals surface area (Å²) in [5.41, 5.74) is 0. The van der Waals surface area contributed by atoms with E-state index in [4.69, 9.17) is 17.7 Å². The van der Waals surface area contributed by atoms with Crippen molar-refractivity contribution in [1.29, 1.82) is 0 Å². The van der Waals surface area contributed by atoms with Gasteiger partial charge in [0.1, 0.15) is 0 Å². The van der Waals surface area contributed by atoms with Gasteiger partial charge in [0.05, 0.1) is 0 Å². The molecular weight excluding hydrogens is 337 g/mol. The minimum Gasteiger partial charge on any atom is -0.425 e. The zero-order valence-corrected chi connectivity index (χ0v) is 19.7. The minimum absolute atomic E-state index is 2.01. The van der Waals surface area contributed by atoms with E-state index in [2.05, 4.69) is 69.4 Å². The van der Waals surface area contributed by atoms with Gasteiger partial charge in [0, 0.05) is 0 Å². The quantitative estimate of drug-likeness (QED) is 0.721. The Balaban J connectivity index is 3.37. The fourth-order valence-electron chi connectivity index (χ4n) is 3.96. The van der Waals surface area contributed by atoms with E-state index in [1.807, 2.05) is 0 Å². The largest absolute Gasteiger partial charge is 0.425 e. The van der Waals surface area contributed by atoms with Crippen molar-refractivity contribution in [3.8, 4) is 0 Å². The van der Waals surface area contributed by atoms with Crippen molar-refractivity contribution in [2.45, 2.75) is 65.5 Å². The molecule has 1 aliphatic heterocycles. The molecule has 5 nitrogen and oxygen atoms in total. The number of hydrogen-bond donors (Lipinski definition) is 1. The average Bonchev–Trinajstić information content (AvgIpc) is 1.84. The van der Waals surface area contributed by atoms with Gasteiger partial charge in [0.2, 0.25) is 17.0 Å². The SMILES string of the molecule is C[Si]1(C)O[Si](C)(C)O[Si](C)(C)N([Si](C)(C)N)[Si](C)(C)O1. The second-order valence-electron chi connectivity index (χ2n) is 7.99. The van der Waals surface area contributed by atoms with E-state index in [1.165, 1.54) is 0 Å². The van der Waals surface area contributed by atoms with Crippen LogP contribution in [0.5, 0.6) is 0 Å². The van der Waals surface area contributed by atoms with E-state index in [-0.39, 0.29) is 0 Å². The molecule has 1 rings (SSSR count). The molecule has 0 saturated carbocycles. The van der Waals surface area contributed by atoms with Crippen molar-refractivity contribution in [2.75, 3.05) is 0 Å². The summed E-state index contributed by atoms with van der Waals surface area (Å²) in [6.07, 6.45) is 0. The maximum absolute atomic E-state index is 6.62. The highest BCUT2D eigenvalue weighted by Gasteiger charge is 2.57. The molecule has 1 aliphatic rings. The van der Waals surface area contributed by atoms with E-state index in [9.17, 15) is 0 Å². The van der Waals surface area contributed by atoms with Gasteiger partial charge in [-0.1, -0.05) is 0 Å². The summed E-state index contributed by atoms with van der Waals surface area (Å²) in [5.74, 6) is 0. The van der Waals surface area contributed by atoms with Gasteiger partial charge >= 0.3 is 17.1 Å². The van der Waals surface area contributed by atoms with E-state index < -0.39 is 42.5 Å². The summed E-state index contributed by atoms with van der Waals surface area (Å²) in [6, 6.07) is 0. The number of rotatable bonds is 1. The lowest BCUT2D eigenvalue weighted by atomic mass is 11.9. The van der Waals surface area contributed by atoms with Crippen LogP contribution in [0.2, 0.25) is 65.5 Å². The van der Waals surface area contributed by atoms with Gasteiger partial charge in [-0.2, -0.15) is 0 Å². The van der Waals surface area contributed by atoms with Crippen LogP contribution in [0.15, 0.2) is 0 Å². The summed E-state index contributed by atoms with van der Waals surface area (Å²) >= 11 is 0. The number of nitrogens with zero attached hydrogens (tertiary/aromatic N) is 1. The molecule has 0 spiro atoms. The Labute approximate surface area is 129 Å². The molecule has 0 aromatic rings. The van der Waals surface area contributed by atoms with Crippen molar-refractivity contribution in [1.82, 2.24) is 3.90 Å². The van der Waals surface area contributed by atoms with Crippen LogP contribution in [0.25, 0.3) is 0 Å². The lowest BCUT2D eigenvalue weighted by Gasteiger charge is -2.57. The first-order valence-electron chi connectivity index (χ1n) is 7.18. The monoisotopic (exact) mass is 368 g/mol. The zero-order valence-electron chi connectivity index (χ0n) is 14.7. The van der Waals surface area contributed by atoms with Crippen molar-refractivity contribution >= 4 is 42.5 Å². The van der Waals surface area contributed by atoms with Gasteiger partial charge in [-0.05, 0) is 65.5 Å². The Hall–Kier alpha value is 0.884. The van der Waals surface area contributed by atoms with Crippen LogP contribution < -0.4 is 5.40 Å². The van der Waals surface area contributed by atoms with Gasteiger partial charge in [0.25, 0.3) is 0 Å². The maximum Gasteiger partial charge on any atom is 0.313 e. The highest BCUT2D eigenvalue weighted by molar-refractivity contribution is 7.04. The normalized spacial score (nSPS) is 29.6. The van der Waals surface area contributed by atoms with Crippen LogP contribution in [-0.2, 0) is 12.3 Å². The van der Waals surface area contributed by atoms with E-state index >= 15 is 0 Å². The summed E-state index contributed by atoms with van der Waals surface area (Å²) < 4.78 is 22.1. The first kappa shape index (κ1) is 18.9. The van der Waals surface area contributed by atoms with Gasteiger partial charge in [-0.3, -0.25) is 0 Å². The molecule has 10 heteroatoms. The first-order valence-corrected chi connectivity index (χ1v) is 21.6. The Morgan fingerprint density at radius 1 is 0.700 bits per heavy atom. The predicted molar refractivity (Wildman–Crippen MR) is 96.7 cm³/mol. The Morgan fingerprint density at radius 2 is 1.00 bits per heavy atom. The van der Waals surface area contributed by atoms with Crippen LogP contribution in [0.4, 0.5) is 0 Å². The fourth-order valence-corrected chi connectivity index (χ4v) is 38.1. The van der Waals surface area contributed by atoms with Crippen molar-refractivity contribution < 1.29 is 12.3 Å². The topological polar surface area (TPSA) is 57.0 Å². The first-order chi connectivity index (χ1) is 8.49. The summed E-state index contributed by atoms with van der Waals surface area (Å²) in [7, 11) is -10.6. The number of hydrogen-bond acceptors (Lipinski definition) is 5. The average molecular weight is 369 g/mol. The summed E-state index contributed by atoms with van der Waals surface area (Å²) in [6.45, 7) is 21.9. The molecule has 1 saturated heterocycles. The van der Waals surface area contributed by atoms with Crippen LogP contribution >= 0.6 is 0 Å². The van der Waals surface area contributed by atoms with Gasteiger partial charge in [-0.15, -0.1) is 0 Å². The molecule has 1 heterocycles. The van der Waals surface area contributed by atoms with Crippen LogP contribution in [0.1, 0.15) is 0 Å². The number of nitrogens with two attached hydrogens (primary N) is 1. The summed E-state index contributed by atoms with van der Waals surface area (Å²) in [5, 5.41) is 6.62. The highest BCUT2D eigenvalue weighted by Crippen LogP contribution is 2.35. The molecular formula is C10H32N2O3Si5. The van der Waals surface area contributed by atoms with Crippen molar-refractivity contribution in [3.63, 3.8) is 0 Å². The maximum atomic E-state index is 6.62. The zero-order chi connectivity index (χ0) is 16.2. The Bertz CT molecular complexity index is 349. The second kappa shape index (κ2) is 5.21. The molecule has 120 valence electrons. The minimum atomic E-state index is -2.18. The predicted octanol–water partition coefficient (Wildman–Crippen LogP) is 2.82. The molecule has 0 amide bonds. The molecule has 0 aromatic carbocycles. The molecule has 1 fully saturated rings. The van der Waals surface area contributed by atoms with E-state index in [1.54, 1.807) is 0 Å². The highest BCUT2D eigenvalue weighted by atomic mass is 28.5. The molecule has 2 N–H and O–H groups in total. The van der Waals surface area contributed by atoms with Crippen molar-refractivity contribution in [3.05, 3.63) is 0 Å². The smallest absolute Gasteiger partial charge is 0.313 e. The van der Waals surface area contributed by atoms with Crippen LogP contribution in [-0.4, -0.2) is 46.4 Å². The standard InChI is InChI=1S/C10H32N2O3Si5/c1-16(2,11)12-17(3,4)13-19(7,8)15-20(9,10)14-18(12,5)6/h11H2,1-10H3. The van der Waals surface area contributed by atoms with Gasteiger partial charge < -0.3 is 21.6 Å². The van der Waals surface area contributed by atoms with Crippen molar-refractivity contribution in [2.24, 2.45) is 5.40 Å². The molecule has 20 heavy (non-hydrogen) atoms. The fraction of sp³-hybridized carbons (Fsp3) is 1.00. The Kier molecular flexibility index (Phi) is 4.93. The molecule has 0 radical (unpaired) electrons. The van der Waals surface area contributed by atoms with Crippen LogP contribution in [0, 0.1) is 0 Å². The lowest BCUT2D eigenvalue weighted by Crippen LogP contribution is -2.81. The third kappa shape index (κ3) is 4.44. The molecule has 0 unspecified atom stereocenters. The third-order valence-electron chi connectivity index (χ3n) is 3.14. The van der Waals surface area contributed by atoms with Gasteiger partial charge in [-0.25, -0.2) is 0 Å². The van der Waals surface area contributed by atoms with Crippen LogP contribution in [0.3, 0.4) is 0 Å². The van der Waals surface area contributed by atoms with Gasteiger partial charge in [0.15, 0.2) is 8.40 Å². The summed E-state index contributed by atoms with van der Waals surface area (Å²) in [4.78, 5) is 0. The van der Waals surface area contributed by atoms with E-state index in [0.29, 0.717) is 0 Å². The lowest BCUT2D eigenvalue weighted by molar-refractivity contribution is 0.293. The Morgan fingerprint density at radius 3 is 1.25 bits per heavy atom.